The molecule has 27 heavy (non-hydrogen) atoms. The van der Waals surface area contributed by atoms with E-state index >= 15 is 0 Å². The maximum atomic E-state index is 11.2. The molecule has 0 aromatic rings. The van der Waals surface area contributed by atoms with E-state index in [1.807, 2.05) is 0 Å². The monoisotopic (exact) mass is 402 g/mol. The molecule has 0 bridgehead atoms. The van der Waals surface area contributed by atoms with Gasteiger partial charge in [-0.2, -0.15) is 0 Å². The largest absolute Gasteiger partial charge is 0.394 e. The summed E-state index contributed by atoms with van der Waals surface area (Å²) in [5, 5.41) is 95.6. The van der Waals surface area contributed by atoms with Gasteiger partial charge >= 0.3 is 0 Å². The summed E-state index contributed by atoms with van der Waals surface area (Å²) in [6.45, 7) is -2.95. The Morgan fingerprint density at radius 2 is 1.52 bits per heavy atom. The number of hydrogen-bond donors (Lipinski definition) is 10. The van der Waals surface area contributed by atoms with Crippen molar-refractivity contribution in [2.24, 2.45) is 0 Å². The molecule has 1 aliphatic rings. The molecule has 0 aliphatic carbocycles. The standard InChI is InChI=1S/C14H26O13/c15-1-4(18)7(20)9(22)11(24)13(5(19)2-16)27-14-12(25)10(23)8(21)6(3-17)26-14/h5-17,19-25H,1-3H2/t5?,6-,7?,8+,9?,10+,11?,12-,13?,14+/m1/s1. The van der Waals surface area contributed by atoms with Gasteiger partial charge in [0.2, 0.25) is 0 Å². The van der Waals surface area contributed by atoms with Gasteiger partial charge in [-0.05, 0) is 0 Å². The van der Waals surface area contributed by atoms with E-state index in [1.54, 1.807) is 0 Å². The van der Waals surface area contributed by atoms with E-state index in [9.17, 15) is 40.5 Å². The first kappa shape index (κ1) is 24.2. The molecule has 10 atom stereocenters. The zero-order valence-corrected chi connectivity index (χ0v) is 14.1. The number of hydrogen-bond acceptors (Lipinski definition) is 13. The maximum Gasteiger partial charge on any atom is 0.189 e. The summed E-state index contributed by atoms with van der Waals surface area (Å²) >= 11 is 0. The molecule has 160 valence electrons. The first-order valence-corrected chi connectivity index (χ1v) is 8.03. The topological polar surface area (TPSA) is 238 Å². The minimum Gasteiger partial charge on any atom is -0.394 e. The fourth-order valence-corrected chi connectivity index (χ4v) is 2.50. The van der Waals surface area contributed by atoms with Crippen LogP contribution in [0.3, 0.4) is 0 Å². The fraction of sp³-hybridized carbons (Fsp3) is 0.929. The van der Waals surface area contributed by atoms with Crippen molar-refractivity contribution >= 4 is 5.78 Å². The van der Waals surface area contributed by atoms with Gasteiger partial charge in [0.15, 0.2) is 12.1 Å². The lowest BCUT2D eigenvalue weighted by Gasteiger charge is -2.42. The molecule has 1 heterocycles. The van der Waals surface area contributed by atoms with Crippen molar-refractivity contribution in [3.05, 3.63) is 0 Å². The van der Waals surface area contributed by atoms with E-state index in [2.05, 4.69) is 0 Å². The lowest BCUT2D eigenvalue weighted by molar-refractivity contribution is -0.328. The highest BCUT2D eigenvalue weighted by molar-refractivity contribution is 5.84. The van der Waals surface area contributed by atoms with Crippen LogP contribution in [-0.4, -0.2) is 138 Å². The molecule has 5 unspecified atom stereocenters. The predicted molar refractivity (Wildman–Crippen MR) is 81.8 cm³/mol. The highest BCUT2D eigenvalue weighted by Gasteiger charge is 2.47. The molecule has 0 amide bonds. The van der Waals surface area contributed by atoms with E-state index in [0.717, 1.165) is 0 Å². The van der Waals surface area contributed by atoms with Gasteiger partial charge in [-0.15, -0.1) is 0 Å². The summed E-state index contributed by atoms with van der Waals surface area (Å²) in [4.78, 5) is 11.2. The van der Waals surface area contributed by atoms with Crippen molar-refractivity contribution in [1.82, 2.24) is 0 Å². The third-order valence-corrected chi connectivity index (χ3v) is 4.20. The van der Waals surface area contributed by atoms with Gasteiger partial charge in [0, 0.05) is 0 Å². The molecule has 13 nitrogen and oxygen atoms in total. The predicted octanol–water partition coefficient (Wildman–Crippen LogP) is -6.83. The Morgan fingerprint density at radius 3 is 2.00 bits per heavy atom. The van der Waals surface area contributed by atoms with Gasteiger partial charge in [-0.1, -0.05) is 0 Å². The van der Waals surface area contributed by atoms with Crippen molar-refractivity contribution in [3.63, 3.8) is 0 Å². The van der Waals surface area contributed by atoms with E-state index in [1.165, 1.54) is 0 Å². The van der Waals surface area contributed by atoms with Crippen LogP contribution in [-0.2, 0) is 14.3 Å². The van der Waals surface area contributed by atoms with Crippen LogP contribution >= 0.6 is 0 Å². The summed E-state index contributed by atoms with van der Waals surface area (Å²) in [6.07, 6.45) is -19.2. The van der Waals surface area contributed by atoms with Crippen LogP contribution in [0.15, 0.2) is 0 Å². The fourth-order valence-electron chi connectivity index (χ4n) is 2.50. The van der Waals surface area contributed by atoms with Crippen LogP contribution in [0.4, 0.5) is 0 Å². The van der Waals surface area contributed by atoms with Crippen molar-refractivity contribution in [3.8, 4) is 0 Å². The van der Waals surface area contributed by atoms with Gasteiger partial charge < -0.3 is 60.5 Å². The second kappa shape index (κ2) is 10.7. The Hall–Kier alpha value is -0.810. The van der Waals surface area contributed by atoms with Crippen LogP contribution in [0.5, 0.6) is 0 Å². The second-order valence-corrected chi connectivity index (χ2v) is 6.10. The second-order valence-electron chi connectivity index (χ2n) is 6.10. The average Bonchev–Trinajstić information content (AvgIpc) is 2.68. The molecule has 0 spiro atoms. The molecular formula is C14H26O13. The van der Waals surface area contributed by atoms with Crippen molar-refractivity contribution in [2.45, 2.75) is 61.2 Å². The number of rotatable bonds is 10. The zero-order chi connectivity index (χ0) is 20.9. The van der Waals surface area contributed by atoms with E-state index in [0.29, 0.717) is 0 Å². The molecule has 1 saturated heterocycles. The lowest BCUT2D eigenvalue weighted by atomic mass is 9.96. The van der Waals surface area contributed by atoms with Gasteiger partial charge in [0.25, 0.3) is 0 Å². The normalized spacial score (nSPS) is 34.5. The highest BCUT2D eigenvalue weighted by Crippen LogP contribution is 2.25. The van der Waals surface area contributed by atoms with Crippen LogP contribution < -0.4 is 0 Å². The Labute approximate surface area is 153 Å². The van der Waals surface area contributed by atoms with Crippen LogP contribution in [0.25, 0.3) is 0 Å². The van der Waals surface area contributed by atoms with Crippen molar-refractivity contribution in [1.29, 1.82) is 0 Å². The Morgan fingerprint density at radius 1 is 0.926 bits per heavy atom. The smallest absolute Gasteiger partial charge is 0.189 e. The SMILES string of the molecule is O=C(CO)C(O)C(O)C(O)C(O[C@@H]1O[C@H](CO)[C@H](O)[C@H](O)[C@H]1O)C(O)CO. The van der Waals surface area contributed by atoms with Crippen molar-refractivity contribution in [2.75, 3.05) is 19.8 Å². The maximum absolute atomic E-state index is 11.2. The lowest BCUT2D eigenvalue weighted by Crippen LogP contribution is -2.62. The summed E-state index contributed by atoms with van der Waals surface area (Å²) in [6, 6.07) is 0. The molecule has 0 saturated carbocycles. The molecule has 1 aliphatic heterocycles. The summed E-state index contributed by atoms with van der Waals surface area (Å²) in [7, 11) is 0. The first-order valence-electron chi connectivity index (χ1n) is 8.03. The van der Waals surface area contributed by atoms with Crippen LogP contribution in [0.1, 0.15) is 0 Å². The van der Waals surface area contributed by atoms with Crippen LogP contribution in [0.2, 0.25) is 0 Å². The van der Waals surface area contributed by atoms with E-state index in [-0.39, 0.29) is 0 Å². The summed E-state index contributed by atoms with van der Waals surface area (Å²) in [5.74, 6) is -1.24. The third kappa shape index (κ3) is 5.60. The van der Waals surface area contributed by atoms with Gasteiger partial charge in [0.05, 0.1) is 13.2 Å². The van der Waals surface area contributed by atoms with E-state index in [4.69, 9.17) is 24.8 Å². The summed E-state index contributed by atoms with van der Waals surface area (Å²) < 4.78 is 10.1. The molecule has 13 heteroatoms. The number of carbonyl (C=O) groups is 1. The number of ether oxygens (including phenoxy) is 2. The Kier molecular flexibility index (Phi) is 9.56. The molecule has 1 rings (SSSR count). The van der Waals surface area contributed by atoms with Crippen LogP contribution in [0, 0.1) is 0 Å². The minimum absolute atomic E-state index is 0.785. The Balaban J connectivity index is 2.98. The molecule has 0 aromatic carbocycles. The number of aliphatic hydroxyl groups excluding tert-OH is 10. The molecule has 1 fully saturated rings. The molecule has 10 N–H and O–H groups in total. The molecule has 0 aromatic heterocycles. The highest BCUT2D eigenvalue weighted by atomic mass is 16.7. The van der Waals surface area contributed by atoms with Gasteiger partial charge in [-0.25, -0.2) is 0 Å². The Bertz CT molecular complexity index is 460. The zero-order valence-electron chi connectivity index (χ0n) is 14.1. The van der Waals surface area contributed by atoms with E-state index < -0.39 is 86.8 Å². The first-order chi connectivity index (χ1) is 12.6. The minimum atomic E-state index is -2.26. The van der Waals surface area contributed by atoms with Crippen molar-refractivity contribution < 1.29 is 65.3 Å². The number of aliphatic hydroxyl groups is 10. The quantitative estimate of drug-likeness (QED) is 0.164. The molecular weight excluding hydrogens is 376 g/mol. The van der Waals surface area contributed by atoms with Gasteiger partial charge in [0.1, 0.15) is 61.5 Å². The third-order valence-electron chi connectivity index (χ3n) is 4.20. The average molecular weight is 402 g/mol. The molecule has 0 radical (unpaired) electrons. The number of ketones is 1. The summed E-state index contributed by atoms with van der Waals surface area (Å²) in [5.41, 5.74) is 0. The van der Waals surface area contributed by atoms with Gasteiger partial charge in [-0.3, -0.25) is 4.79 Å². The number of carbonyl (C=O) groups excluding carboxylic acids is 1. The number of Topliss-reactive ketones (excluding diaryl/α,β-unsaturated/α-hetero) is 1.